The summed E-state index contributed by atoms with van der Waals surface area (Å²) in [4.78, 5) is 0. The predicted molar refractivity (Wildman–Crippen MR) is 42.0 cm³/mol. The van der Waals surface area contributed by atoms with Crippen molar-refractivity contribution < 1.29 is 0 Å². The molecule has 0 rings (SSSR count). The lowest BCUT2D eigenvalue weighted by Gasteiger charge is -2.22. The zero-order valence-corrected chi connectivity index (χ0v) is 6.86. The van der Waals surface area contributed by atoms with Gasteiger partial charge in [0.25, 0.3) is 0 Å². The van der Waals surface area contributed by atoms with Crippen molar-refractivity contribution in [3.63, 3.8) is 0 Å². The summed E-state index contributed by atoms with van der Waals surface area (Å²) >= 11 is 0. The Morgan fingerprint density at radius 3 is 2.11 bits per heavy atom. The van der Waals surface area contributed by atoms with Gasteiger partial charge >= 0.3 is 0 Å². The average molecular weight is 127 g/mol. The van der Waals surface area contributed by atoms with Crippen LogP contribution in [0.3, 0.4) is 0 Å². The summed E-state index contributed by atoms with van der Waals surface area (Å²) in [6, 6.07) is 0. The van der Waals surface area contributed by atoms with Gasteiger partial charge in [-0.25, -0.2) is 0 Å². The van der Waals surface area contributed by atoms with Gasteiger partial charge in [-0.2, -0.15) is 0 Å². The number of hydrogen-bond acceptors (Lipinski definition) is 1. The van der Waals surface area contributed by atoms with Crippen LogP contribution in [0.4, 0.5) is 0 Å². The molecule has 0 heterocycles. The summed E-state index contributed by atoms with van der Waals surface area (Å²) in [6.45, 7) is 8.65. The van der Waals surface area contributed by atoms with Crippen LogP contribution in [0, 0.1) is 5.41 Å². The summed E-state index contributed by atoms with van der Waals surface area (Å²) in [5.74, 6) is 0. The maximum Gasteiger partial charge on any atom is -0.00678 e. The fraction of sp³-hybridized carbons (Fsp3) is 0.750. The molecule has 0 saturated carbocycles. The summed E-state index contributed by atoms with van der Waals surface area (Å²) in [6.07, 6.45) is 2.84. The second-order valence-electron chi connectivity index (χ2n) is 3.09. The molecular formula is C8H17N. The minimum absolute atomic E-state index is 0.286. The third-order valence-electron chi connectivity index (χ3n) is 2.20. The lowest BCUT2D eigenvalue weighted by molar-refractivity contribution is 0.428. The van der Waals surface area contributed by atoms with Gasteiger partial charge in [0, 0.05) is 0 Å². The van der Waals surface area contributed by atoms with Gasteiger partial charge in [-0.15, -0.1) is 0 Å². The van der Waals surface area contributed by atoms with E-state index < -0.39 is 0 Å². The van der Waals surface area contributed by atoms with E-state index in [2.05, 4.69) is 27.7 Å². The highest BCUT2D eigenvalue weighted by molar-refractivity contribution is 5.06. The molecule has 0 spiro atoms. The van der Waals surface area contributed by atoms with Crippen LogP contribution in [-0.4, -0.2) is 0 Å². The van der Waals surface area contributed by atoms with E-state index in [1.807, 2.05) is 0 Å². The molecule has 0 radical (unpaired) electrons. The molecule has 0 aromatic rings. The Kier molecular flexibility index (Phi) is 2.75. The van der Waals surface area contributed by atoms with Crippen LogP contribution in [-0.2, 0) is 0 Å². The molecule has 9 heavy (non-hydrogen) atoms. The molecule has 1 nitrogen and oxygen atoms in total. The molecule has 54 valence electrons. The van der Waals surface area contributed by atoms with Gasteiger partial charge < -0.3 is 5.73 Å². The van der Waals surface area contributed by atoms with Crippen molar-refractivity contribution >= 4 is 0 Å². The van der Waals surface area contributed by atoms with E-state index >= 15 is 0 Å². The standard InChI is InChI=1S/C8H17N/c1-5-8(3,4)7(2)6-9/h6H,5,9H2,1-4H3/b7-6+. The highest BCUT2D eigenvalue weighted by Gasteiger charge is 2.15. The molecule has 0 fully saturated rings. The normalized spacial score (nSPS) is 14.0. The SMILES string of the molecule is CCC(C)(C)/C(C)=C/N. The Morgan fingerprint density at radius 1 is 1.56 bits per heavy atom. The Balaban J connectivity index is 4.14. The van der Waals surface area contributed by atoms with Gasteiger partial charge in [-0.1, -0.05) is 26.3 Å². The van der Waals surface area contributed by atoms with Gasteiger partial charge in [-0.3, -0.25) is 0 Å². The quantitative estimate of drug-likeness (QED) is 0.605. The molecule has 0 aliphatic rings. The molecule has 0 aromatic heterocycles. The Hall–Kier alpha value is -0.460. The monoisotopic (exact) mass is 127 g/mol. The average Bonchev–Trinajstić information content (AvgIpc) is 1.86. The Morgan fingerprint density at radius 2 is 2.00 bits per heavy atom. The van der Waals surface area contributed by atoms with Crippen LogP contribution >= 0.6 is 0 Å². The van der Waals surface area contributed by atoms with E-state index in [1.165, 1.54) is 5.57 Å². The predicted octanol–water partition coefficient (Wildman–Crippen LogP) is 2.29. The van der Waals surface area contributed by atoms with Crippen molar-refractivity contribution in [2.24, 2.45) is 11.1 Å². The van der Waals surface area contributed by atoms with Crippen molar-refractivity contribution in [1.29, 1.82) is 0 Å². The largest absolute Gasteiger partial charge is 0.405 e. The van der Waals surface area contributed by atoms with E-state index in [0.717, 1.165) is 6.42 Å². The zero-order valence-electron chi connectivity index (χ0n) is 6.86. The molecule has 1 heteroatoms. The summed E-state index contributed by atoms with van der Waals surface area (Å²) in [7, 11) is 0. The number of rotatable bonds is 2. The lowest BCUT2D eigenvalue weighted by Crippen LogP contribution is -2.12. The van der Waals surface area contributed by atoms with Crippen molar-refractivity contribution in [3.05, 3.63) is 11.8 Å². The molecule has 0 bridgehead atoms. The second-order valence-corrected chi connectivity index (χ2v) is 3.09. The van der Waals surface area contributed by atoms with Gasteiger partial charge in [0.05, 0.1) is 0 Å². The summed E-state index contributed by atoms with van der Waals surface area (Å²) < 4.78 is 0. The molecule has 0 aromatic carbocycles. The first-order valence-corrected chi connectivity index (χ1v) is 3.43. The van der Waals surface area contributed by atoms with Crippen LogP contribution < -0.4 is 5.73 Å². The number of allylic oxidation sites excluding steroid dienone is 1. The van der Waals surface area contributed by atoms with Gasteiger partial charge in [-0.05, 0) is 25.0 Å². The van der Waals surface area contributed by atoms with Crippen LogP contribution in [0.25, 0.3) is 0 Å². The first kappa shape index (κ1) is 8.54. The number of nitrogens with two attached hydrogens (primary N) is 1. The minimum atomic E-state index is 0.286. The van der Waals surface area contributed by atoms with Crippen LogP contribution in [0.2, 0.25) is 0 Å². The molecule has 0 saturated heterocycles. The summed E-state index contributed by atoms with van der Waals surface area (Å²) in [5, 5.41) is 0. The smallest absolute Gasteiger partial charge is 0.00678 e. The van der Waals surface area contributed by atoms with E-state index in [0.29, 0.717) is 0 Å². The van der Waals surface area contributed by atoms with Crippen molar-refractivity contribution in [1.82, 2.24) is 0 Å². The van der Waals surface area contributed by atoms with E-state index in [9.17, 15) is 0 Å². The maximum atomic E-state index is 5.37. The molecular weight excluding hydrogens is 110 g/mol. The lowest BCUT2D eigenvalue weighted by atomic mass is 9.83. The van der Waals surface area contributed by atoms with Gasteiger partial charge in [0.15, 0.2) is 0 Å². The van der Waals surface area contributed by atoms with Gasteiger partial charge in [0.2, 0.25) is 0 Å². The van der Waals surface area contributed by atoms with Crippen LogP contribution in [0.5, 0.6) is 0 Å². The number of hydrogen-bond donors (Lipinski definition) is 1. The zero-order chi connectivity index (χ0) is 7.49. The molecule has 0 unspecified atom stereocenters. The van der Waals surface area contributed by atoms with Crippen LogP contribution in [0.1, 0.15) is 34.1 Å². The first-order chi connectivity index (χ1) is 4.04. The third-order valence-corrected chi connectivity index (χ3v) is 2.20. The van der Waals surface area contributed by atoms with Crippen molar-refractivity contribution in [2.75, 3.05) is 0 Å². The van der Waals surface area contributed by atoms with Crippen molar-refractivity contribution in [2.45, 2.75) is 34.1 Å². The van der Waals surface area contributed by atoms with E-state index in [1.54, 1.807) is 6.20 Å². The molecule has 2 N–H and O–H groups in total. The molecule has 0 aliphatic heterocycles. The van der Waals surface area contributed by atoms with Gasteiger partial charge in [0.1, 0.15) is 0 Å². The maximum absolute atomic E-state index is 5.37. The van der Waals surface area contributed by atoms with E-state index in [-0.39, 0.29) is 5.41 Å². The minimum Gasteiger partial charge on any atom is -0.405 e. The van der Waals surface area contributed by atoms with Crippen molar-refractivity contribution in [3.8, 4) is 0 Å². The topological polar surface area (TPSA) is 26.0 Å². The molecule has 0 amide bonds. The second kappa shape index (κ2) is 2.90. The molecule has 0 atom stereocenters. The highest BCUT2D eigenvalue weighted by Crippen LogP contribution is 2.28. The molecule has 0 aliphatic carbocycles. The Bertz CT molecular complexity index is 112. The Labute approximate surface area is 57.9 Å². The highest BCUT2D eigenvalue weighted by atomic mass is 14.5. The summed E-state index contributed by atoms with van der Waals surface area (Å²) in [5.41, 5.74) is 6.93. The fourth-order valence-electron chi connectivity index (χ4n) is 0.504. The van der Waals surface area contributed by atoms with Crippen LogP contribution in [0.15, 0.2) is 11.8 Å². The fourth-order valence-corrected chi connectivity index (χ4v) is 0.504. The third kappa shape index (κ3) is 2.08. The first-order valence-electron chi connectivity index (χ1n) is 3.43. The van der Waals surface area contributed by atoms with E-state index in [4.69, 9.17) is 5.73 Å².